The summed E-state index contributed by atoms with van der Waals surface area (Å²) >= 11 is 0. The average molecular weight is 509 g/mol. The lowest BCUT2D eigenvalue weighted by Crippen LogP contribution is -2.33. The second-order valence-corrected chi connectivity index (χ2v) is 10.3. The van der Waals surface area contributed by atoms with Gasteiger partial charge in [0.2, 0.25) is 0 Å². The summed E-state index contributed by atoms with van der Waals surface area (Å²) in [5.41, 5.74) is 5.97. The van der Waals surface area contributed by atoms with E-state index in [4.69, 9.17) is 20.3 Å². The molecule has 0 spiro atoms. The highest BCUT2D eigenvalue weighted by Crippen LogP contribution is 2.67. The van der Waals surface area contributed by atoms with E-state index in [2.05, 4.69) is 28.1 Å². The van der Waals surface area contributed by atoms with Crippen molar-refractivity contribution in [3.8, 4) is 0 Å². The van der Waals surface area contributed by atoms with Crippen LogP contribution in [0.15, 0.2) is 12.7 Å². The van der Waals surface area contributed by atoms with E-state index in [-0.39, 0.29) is 17.0 Å². The zero-order valence-electron chi connectivity index (χ0n) is 14.9. The highest BCUT2D eigenvalue weighted by atomic mass is 31.3. The third kappa shape index (κ3) is 5.70. The number of imidazole rings is 1. The normalized spacial score (nSPS) is 30.0. The van der Waals surface area contributed by atoms with E-state index in [0.717, 1.165) is 6.33 Å². The molecule has 21 heteroatoms. The van der Waals surface area contributed by atoms with Crippen LogP contribution in [-0.2, 0) is 31.6 Å². The van der Waals surface area contributed by atoms with Crippen molar-refractivity contribution in [1.82, 2.24) is 19.5 Å². The summed E-state index contributed by atoms with van der Waals surface area (Å²) < 4.78 is 63.6. The second-order valence-electron chi connectivity index (χ2n) is 5.98. The number of phosphoric acid groups is 2. The summed E-state index contributed by atoms with van der Waals surface area (Å²) in [7, 11) is -17.4. The van der Waals surface area contributed by atoms with E-state index < -0.39 is 54.7 Å². The first-order valence-electron chi connectivity index (χ1n) is 7.89. The number of rotatable bonds is 8. The highest BCUT2D eigenvalue weighted by Gasteiger charge is 2.47. The summed E-state index contributed by atoms with van der Waals surface area (Å²) in [5.74, 6) is 0.0337. The summed E-state index contributed by atoms with van der Waals surface area (Å²) in [6.07, 6.45) is -3.79. The number of aromatic nitrogens is 4. The molecular weight excluding hydrogens is 494 g/mol. The molecule has 7 atom stereocenters. The maximum absolute atomic E-state index is 12.5. The molecule has 1 fully saturated rings. The predicted molar refractivity (Wildman–Crippen MR) is 94.4 cm³/mol. The lowest BCUT2D eigenvalue weighted by Gasteiger charge is -2.18. The molecule has 3 heterocycles. The van der Waals surface area contributed by atoms with Crippen LogP contribution in [0, 0.1) is 0 Å². The Bertz CT molecular complexity index is 1110. The number of nitrogens with two attached hydrogens (primary N) is 1. The number of anilines is 1. The van der Waals surface area contributed by atoms with Gasteiger partial charge in [-0.3, -0.25) is 14.0 Å². The van der Waals surface area contributed by atoms with Crippen molar-refractivity contribution >= 4 is 40.5 Å². The minimum atomic E-state index is -6.04. The molecule has 3 rings (SSSR count). The molecule has 7 N–H and O–H groups in total. The topological polar surface area (TPSA) is 259 Å². The zero-order chi connectivity index (χ0) is 23.2. The monoisotopic (exact) mass is 509 g/mol. The smallest absolute Gasteiger partial charge is 0.387 e. The van der Waals surface area contributed by atoms with Gasteiger partial charge in [-0.1, -0.05) is 0 Å². The number of nitrogen functional groups attached to an aromatic ring is 1. The first-order chi connectivity index (χ1) is 14.2. The maximum atomic E-state index is 12.5. The number of fused-ring (bicyclic) bond motifs is 1. The van der Waals surface area contributed by atoms with E-state index in [9.17, 15) is 33.0 Å². The average Bonchev–Trinajstić information content (AvgIpc) is 3.13. The molecule has 2 aromatic rings. The molecule has 1 saturated heterocycles. The molecule has 2 aromatic heterocycles. The van der Waals surface area contributed by atoms with Crippen LogP contribution in [0.1, 0.15) is 6.23 Å². The SMILES string of the molecule is Nc1ncnc2c1ncn2[C@@H]1O[C@H](COP(=O)(O)OP(=O)(O)OP(=O)(O)F)[C@@H](O)[C@H]1O. The van der Waals surface area contributed by atoms with Gasteiger partial charge in [-0.25, -0.2) is 28.6 Å². The van der Waals surface area contributed by atoms with Gasteiger partial charge in [0.25, 0.3) is 0 Å². The summed E-state index contributed by atoms with van der Waals surface area (Å²) in [6, 6.07) is 0. The number of halogens is 1. The van der Waals surface area contributed by atoms with Crippen LogP contribution in [-0.4, -0.2) is 69.3 Å². The Morgan fingerprint density at radius 3 is 2.42 bits per heavy atom. The number of hydrogen-bond donors (Lipinski definition) is 6. The molecule has 0 aromatic carbocycles. The first kappa shape index (κ1) is 24.3. The molecule has 3 unspecified atom stereocenters. The summed E-state index contributed by atoms with van der Waals surface area (Å²) in [6.45, 7) is -0.987. The fourth-order valence-electron chi connectivity index (χ4n) is 2.62. The lowest BCUT2D eigenvalue weighted by molar-refractivity contribution is -0.0503. The van der Waals surface area contributed by atoms with E-state index in [1.165, 1.54) is 10.9 Å². The van der Waals surface area contributed by atoms with Crippen molar-refractivity contribution in [3.05, 3.63) is 12.7 Å². The van der Waals surface area contributed by atoms with Crippen LogP contribution in [0.4, 0.5) is 10.0 Å². The fourth-order valence-corrected chi connectivity index (χ4v) is 5.59. The number of hydrogen-bond acceptors (Lipinski definition) is 13. The van der Waals surface area contributed by atoms with Gasteiger partial charge >= 0.3 is 23.6 Å². The number of aliphatic hydroxyl groups excluding tert-OH is 2. The molecule has 0 bridgehead atoms. The standard InChI is InChI=1S/C10H15FN5O12P3/c11-29(19,20)27-31(23,24)28-30(21,22)25-1-4-6(17)7(18)10(26-4)16-3-15-5-8(12)13-2-14-9(5)16/h2-4,6-7,10,17-18H,1H2,(H,19,20)(H,21,22)(H,23,24)(H2,12,13,14)/t4-,6-,7-,10-/m1/s1. The number of ether oxygens (including phenoxy) is 1. The van der Waals surface area contributed by atoms with Gasteiger partial charge in [0.15, 0.2) is 17.7 Å². The maximum Gasteiger partial charge on any atom is 0.519 e. The minimum absolute atomic E-state index is 0.0337. The molecule has 31 heavy (non-hydrogen) atoms. The largest absolute Gasteiger partial charge is 0.519 e. The molecule has 0 aliphatic carbocycles. The Hall–Kier alpha value is -1.39. The molecule has 1 aliphatic rings. The van der Waals surface area contributed by atoms with Crippen LogP contribution >= 0.6 is 23.6 Å². The Morgan fingerprint density at radius 2 is 1.77 bits per heavy atom. The van der Waals surface area contributed by atoms with E-state index in [0.29, 0.717) is 0 Å². The van der Waals surface area contributed by atoms with Crippen molar-refractivity contribution in [2.45, 2.75) is 24.5 Å². The van der Waals surface area contributed by atoms with E-state index in [1.54, 1.807) is 0 Å². The van der Waals surface area contributed by atoms with Crippen LogP contribution in [0.3, 0.4) is 0 Å². The van der Waals surface area contributed by atoms with Crippen LogP contribution in [0.2, 0.25) is 0 Å². The Labute approximate surface area is 171 Å². The number of nitrogens with zero attached hydrogens (tertiary/aromatic N) is 4. The predicted octanol–water partition coefficient (Wildman–Crippen LogP) is -0.652. The zero-order valence-corrected chi connectivity index (χ0v) is 17.5. The highest BCUT2D eigenvalue weighted by molar-refractivity contribution is 7.66. The number of phosphoric ester groups is 1. The van der Waals surface area contributed by atoms with Crippen LogP contribution < -0.4 is 5.73 Å². The van der Waals surface area contributed by atoms with Crippen molar-refractivity contribution in [3.63, 3.8) is 0 Å². The molecule has 0 saturated carbocycles. The van der Waals surface area contributed by atoms with Gasteiger partial charge in [0.1, 0.15) is 30.2 Å². The quantitative estimate of drug-likeness (QED) is 0.241. The number of aliphatic hydroxyl groups is 2. The van der Waals surface area contributed by atoms with Gasteiger partial charge in [0, 0.05) is 0 Å². The third-order valence-electron chi connectivity index (χ3n) is 3.81. The van der Waals surface area contributed by atoms with E-state index in [1.807, 2.05) is 0 Å². The Morgan fingerprint density at radius 1 is 1.10 bits per heavy atom. The van der Waals surface area contributed by atoms with Crippen molar-refractivity contribution in [2.24, 2.45) is 0 Å². The summed E-state index contributed by atoms with van der Waals surface area (Å²) in [5, 5.41) is 20.4. The van der Waals surface area contributed by atoms with Gasteiger partial charge in [0.05, 0.1) is 12.9 Å². The molecule has 17 nitrogen and oxygen atoms in total. The van der Waals surface area contributed by atoms with Gasteiger partial charge < -0.3 is 30.5 Å². The molecule has 174 valence electrons. The Balaban J connectivity index is 1.69. The Kier molecular flexibility index (Phi) is 6.66. The van der Waals surface area contributed by atoms with Crippen molar-refractivity contribution in [2.75, 3.05) is 12.3 Å². The molecule has 1 aliphatic heterocycles. The fraction of sp³-hybridized carbons (Fsp3) is 0.500. The van der Waals surface area contributed by atoms with Gasteiger partial charge in [-0.15, -0.1) is 4.20 Å². The van der Waals surface area contributed by atoms with Crippen molar-refractivity contribution in [1.29, 1.82) is 0 Å². The lowest BCUT2D eigenvalue weighted by atomic mass is 10.1. The summed E-state index contributed by atoms with van der Waals surface area (Å²) in [4.78, 5) is 38.4. The molecule has 0 amide bonds. The second kappa shape index (κ2) is 8.51. The molecule has 0 radical (unpaired) electrons. The van der Waals surface area contributed by atoms with Crippen molar-refractivity contribution < 1.29 is 60.7 Å². The van der Waals surface area contributed by atoms with Gasteiger partial charge in [-0.2, -0.15) is 8.62 Å². The van der Waals surface area contributed by atoms with Crippen LogP contribution in [0.25, 0.3) is 11.2 Å². The van der Waals surface area contributed by atoms with Gasteiger partial charge in [-0.05, 0) is 0 Å². The first-order valence-corrected chi connectivity index (χ1v) is 12.3. The van der Waals surface area contributed by atoms with Crippen LogP contribution in [0.5, 0.6) is 0 Å². The molecular formula is C10H15FN5O12P3. The minimum Gasteiger partial charge on any atom is -0.387 e. The third-order valence-corrected chi connectivity index (χ3v) is 7.57. The van der Waals surface area contributed by atoms with E-state index >= 15 is 0 Å².